The molecule has 0 atom stereocenters. The Morgan fingerprint density at radius 2 is 2.09 bits per heavy atom. The summed E-state index contributed by atoms with van der Waals surface area (Å²) in [6.45, 7) is 0.711. The number of hydrogen-bond donors (Lipinski definition) is 0. The van der Waals surface area contributed by atoms with Gasteiger partial charge >= 0.3 is 5.95 Å². The van der Waals surface area contributed by atoms with Crippen LogP contribution in [0.2, 0.25) is 0 Å². The number of fused-ring (bicyclic) bond motifs is 1. The summed E-state index contributed by atoms with van der Waals surface area (Å²) in [6, 6.07) is 4.84. The van der Waals surface area contributed by atoms with E-state index in [1.54, 1.807) is 18.2 Å². The lowest BCUT2D eigenvalue weighted by molar-refractivity contribution is -0.394. The molecule has 0 unspecified atom stereocenters. The average molecular weight is 369 g/mol. The number of benzene rings is 1. The molecule has 1 aliphatic heterocycles. The zero-order valence-electron chi connectivity index (χ0n) is 11.1. The van der Waals surface area contributed by atoms with Crippen LogP contribution in [0.3, 0.4) is 0 Å². The van der Waals surface area contributed by atoms with Crippen LogP contribution in [0.1, 0.15) is 10.4 Å². The number of ether oxygens (including phenoxy) is 2. The molecule has 1 aromatic heterocycles. The molecule has 1 aromatic carbocycles. The Morgan fingerprint density at radius 3 is 2.77 bits per heavy atom. The van der Waals surface area contributed by atoms with E-state index in [1.807, 2.05) is 0 Å². The Labute approximate surface area is 132 Å². The molecule has 2 aromatic rings. The lowest BCUT2D eigenvalue weighted by Gasteiger charge is -2.18. The standard InChI is InChI=1S/C12H9BrN4O5/c13-11-14-12(17(19)20)15-16(11)6-8(18)7-1-2-9-10(5-7)22-4-3-21-9/h1-2,5H,3-4,6H2. The number of ketones is 1. The number of nitrogens with zero attached hydrogens (tertiary/aromatic N) is 4. The second kappa shape index (κ2) is 5.72. The molecule has 0 bridgehead atoms. The van der Waals surface area contributed by atoms with Gasteiger partial charge in [-0.25, -0.2) is 0 Å². The van der Waals surface area contributed by atoms with E-state index in [1.165, 1.54) is 0 Å². The van der Waals surface area contributed by atoms with Crippen molar-refractivity contribution in [3.05, 3.63) is 38.6 Å². The predicted octanol–water partition coefficient (Wildman–Crippen LogP) is 1.60. The Kier molecular flexibility index (Phi) is 3.75. The van der Waals surface area contributed by atoms with Gasteiger partial charge in [0.05, 0.1) is 0 Å². The molecular formula is C12H9BrN4O5. The van der Waals surface area contributed by atoms with E-state index in [0.717, 1.165) is 4.68 Å². The van der Waals surface area contributed by atoms with Crippen molar-refractivity contribution in [3.8, 4) is 11.5 Å². The maximum absolute atomic E-state index is 12.3. The highest BCUT2D eigenvalue weighted by Gasteiger charge is 2.22. The second-order valence-electron chi connectivity index (χ2n) is 4.38. The summed E-state index contributed by atoms with van der Waals surface area (Å²) in [4.78, 5) is 25.7. The highest BCUT2D eigenvalue weighted by molar-refractivity contribution is 9.10. The van der Waals surface area contributed by atoms with Crippen LogP contribution in [0, 0.1) is 10.1 Å². The first-order chi connectivity index (χ1) is 10.5. The molecule has 2 heterocycles. The molecular weight excluding hydrogens is 360 g/mol. The minimum Gasteiger partial charge on any atom is -0.486 e. The first-order valence-electron chi connectivity index (χ1n) is 6.22. The largest absolute Gasteiger partial charge is 0.492 e. The van der Waals surface area contributed by atoms with E-state index in [-0.39, 0.29) is 17.1 Å². The third-order valence-electron chi connectivity index (χ3n) is 2.94. The minimum atomic E-state index is -0.726. The molecule has 10 heteroatoms. The van der Waals surface area contributed by atoms with Crippen LogP contribution >= 0.6 is 15.9 Å². The fourth-order valence-electron chi connectivity index (χ4n) is 1.93. The molecule has 0 saturated carbocycles. The molecule has 22 heavy (non-hydrogen) atoms. The maximum atomic E-state index is 12.3. The van der Waals surface area contributed by atoms with Gasteiger partial charge in [0.25, 0.3) is 4.73 Å². The molecule has 0 fully saturated rings. The van der Waals surface area contributed by atoms with Crippen molar-refractivity contribution in [3.63, 3.8) is 0 Å². The molecule has 114 valence electrons. The normalized spacial score (nSPS) is 13.0. The average Bonchev–Trinajstić information content (AvgIpc) is 2.88. The van der Waals surface area contributed by atoms with Gasteiger partial charge in [0.2, 0.25) is 0 Å². The van der Waals surface area contributed by atoms with Crippen LogP contribution in [0.15, 0.2) is 22.9 Å². The van der Waals surface area contributed by atoms with E-state index in [4.69, 9.17) is 9.47 Å². The smallest absolute Gasteiger partial charge is 0.486 e. The van der Waals surface area contributed by atoms with E-state index in [2.05, 4.69) is 26.0 Å². The number of carbonyl (C=O) groups is 1. The number of hydrogen-bond acceptors (Lipinski definition) is 7. The van der Waals surface area contributed by atoms with Crippen LogP contribution in [0.4, 0.5) is 5.95 Å². The van der Waals surface area contributed by atoms with Gasteiger partial charge in [-0.3, -0.25) is 4.79 Å². The number of Topliss-reactive ketones (excluding diaryl/α,β-unsaturated/α-hetero) is 1. The highest BCUT2D eigenvalue weighted by atomic mass is 79.9. The lowest BCUT2D eigenvalue weighted by atomic mass is 10.1. The van der Waals surface area contributed by atoms with Gasteiger partial charge in [0.15, 0.2) is 17.3 Å². The van der Waals surface area contributed by atoms with Gasteiger partial charge in [-0.2, -0.15) is 4.68 Å². The number of halogens is 1. The van der Waals surface area contributed by atoms with Crippen molar-refractivity contribution in [2.75, 3.05) is 13.2 Å². The maximum Gasteiger partial charge on any atom is 0.492 e. The fraction of sp³-hybridized carbons (Fsp3) is 0.250. The molecule has 3 rings (SSSR count). The monoisotopic (exact) mass is 368 g/mol. The van der Waals surface area contributed by atoms with Crippen LogP contribution in [-0.2, 0) is 6.54 Å². The first-order valence-corrected chi connectivity index (χ1v) is 7.01. The second-order valence-corrected chi connectivity index (χ2v) is 5.09. The van der Waals surface area contributed by atoms with E-state index >= 15 is 0 Å². The van der Waals surface area contributed by atoms with E-state index in [0.29, 0.717) is 30.3 Å². The third kappa shape index (κ3) is 2.77. The summed E-state index contributed by atoms with van der Waals surface area (Å²) >= 11 is 3.03. The summed E-state index contributed by atoms with van der Waals surface area (Å²) in [5, 5.41) is 14.3. The van der Waals surface area contributed by atoms with Crippen molar-refractivity contribution >= 4 is 27.7 Å². The first kappa shape index (κ1) is 14.4. The van der Waals surface area contributed by atoms with Crippen LogP contribution in [0.5, 0.6) is 11.5 Å². The van der Waals surface area contributed by atoms with Crippen LogP contribution in [0.25, 0.3) is 0 Å². The molecule has 0 radical (unpaired) electrons. The summed E-state index contributed by atoms with van der Waals surface area (Å²) in [7, 11) is 0. The Morgan fingerprint density at radius 1 is 1.36 bits per heavy atom. The molecule has 0 amide bonds. The summed E-state index contributed by atoms with van der Waals surface area (Å²) in [5.74, 6) is 0.237. The van der Waals surface area contributed by atoms with Gasteiger partial charge in [0.1, 0.15) is 19.8 Å². The molecule has 0 N–H and O–H groups in total. The van der Waals surface area contributed by atoms with Crippen LogP contribution in [-0.4, -0.2) is 38.7 Å². The Hall–Kier alpha value is -2.49. The molecule has 9 nitrogen and oxygen atoms in total. The molecule has 0 spiro atoms. The van der Waals surface area contributed by atoms with Gasteiger partial charge < -0.3 is 19.6 Å². The van der Waals surface area contributed by atoms with Crippen molar-refractivity contribution in [2.45, 2.75) is 6.54 Å². The van der Waals surface area contributed by atoms with Crippen molar-refractivity contribution in [1.82, 2.24) is 14.8 Å². The summed E-state index contributed by atoms with van der Waals surface area (Å²) in [6.07, 6.45) is 0. The number of rotatable bonds is 4. The van der Waals surface area contributed by atoms with Crippen molar-refractivity contribution in [1.29, 1.82) is 0 Å². The topological polar surface area (TPSA) is 109 Å². The molecule has 1 aliphatic rings. The Bertz CT molecular complexity index is 760. The van der Waals surface area contributed by atoms with Gasteiger partial charge in [-0.15, -0.1) is 0 Å². The van der Waals surface area contributed by atoms with E-state index < -0.39 is 10.9 Å². The quantitative estimate of drug-likeness (QED) is 0.457. The number of nitro groups is 1. The third-order valence-corrected chi connectivity index (χ3v) is 3.52. The Balaban J connectivity index is 1.81. The van der Waals surface area contributed by atoms with Gasteiger partial charge in [-0.1, -0.05) is 0 Å². The van der Waals surface area contributed by atoms with Crippen LogP contribution < -0.4 is 9.47 Å². The highest BCUT2D eigenvalue weighted by Crippen LogP contribution is 2.31. The number of aromatic nitrogens is 3. The zero-order chi connectivity index (χ0) is 15.7. The predicted molar refractivity (Wildman–Crippen MR) is 76.1 cm³/mol. The minimum absolute atomic E-state index is 0.116. The fourth-order valence-corrected chi connectivity index (χ4v) is 2.30. The lowest BCUT2D eigenvalue weighted by Crippen LogP contribution is -2.17. The summed E-state index contributed by atoms with van der Waals surface area (Å²) in [5.41, 5.74) is 0.398. The van der Waals surface area contributed by atoms with Crippen molar-refractivity contribution < 1.29 is 19.2 Å². The zero-order valence-corrected chi connectivity index (χ0v) is 12.6. The SMILES string of the molecule is O=C(Cn1nc([N+](=O)[O-])nc1Br)c1ccc2c(c1)OCCO2. The molecule has 0 aliphatic carbocycles. The van der Waals surface area contributed by atoms with Gasteiger partial charge in [-0.05, 0) is 28.1 Å². The molecule has 0 saturated heterocycles. The van der Waals surface area contributed by atoms with E-state index in [9.17, 15) is 14.9 Å². The van der Waals surface area contributed by atoms with Gasteiger partial charge in [0, 0.05) is 26.6 Å². The summed E-state index contributed by atoms with van der Waals surface area (Å²) < 4.78 is 12.0. The van der Waals surface area contributed by atoms with Crippen molar-refractivity contribution in [2.24, 2.45) is 0 Å². The number of carbonyl (C=O) groups excluding carboxylic acids is 1.